The topological polar surface area (TPSA) is 41.9 Å². The number of likely N-dealkylation sites (tertiary alicyclic amines) is 1. The van der Waals surface area contributed by atoms with E-state index in [-0.39, 0.29) is 17.4 Å². The van der Waals surface area contributed by atoms with Gasteiger partial charge in [0.25, 0.3) is 0 Å². The number of carbonyl (C=O) groups is 1. The highest BCUT2D eigenvalue weighted by molar-refractivity contribution is 5.82. The highest BCUT2D eigenvalue weighted by Crippen LogP contribution is 2.52. The van der Waals surface area contributed by atoms with Crippen LogP contribution in [0.4, 0.5) is 5.69 Å². The molecule has 2 aromatic carbocycles. The van der Waals surface area contributed by atoms with E-state index >= 15 is 0 Å². The standard InChI is InChI=1S/C28H34N2O2/c1-6-7-21-10-13-24(19(2)26(21)29-5)20-8-11-22(12-9-20)32-23-14-16-30(17-15-23)27(31)25-18-28(25,3)4/h6-13,23,25H,5,14-18H2,1-4H3/b7-6-/t25-/m1/s1. The van der Waals surface area contributed by atoms with Crippen molar-refractivity contribution >= 4 is 24.4 Å². The second-order valence-electron chi connectivity index (χ2n) is 9.75. The van der Waals surface area contributed by atoms with Crippen LogP contribution < -0.4 is 4.74 Å². The minimum atomic E-state index is 0.163. The summed E-state index contributed by atoms with van der Waals surface area (Å²) in [5.74, 6) is 1.44. The number of hydrogen-bond donors (Lipinski definition) is 0. The summed E-state index contributed by atoms with van der Waals surface area (Å²) < 4.78 is 6.24. The van der Waals surface area contributed by atoms with Crippen molar-refractivity contribution in [2.24, 2.45) is 16.3 Å². The summed E-state index contributed by atoms with van der Waals surface area (Å²) in [5.41, 5.74) is 5.62. The number of allylic oxidation sites excluding steroid dienone is 1. The minimum absolute atomic E-state index is 0.163. The number of aliphatic imine (C=N–C) groups is 1. The predicted octanol–water partition coefficient (Wildman–Crippen LogP) is 6.44. The predicted molar refractivity (Wildman–Crippen MR) is 133 cm³/mol. The number of carbonyl (C=O) groups excluding carboxylic acids is 1. The largest absolute Gasteiger partial charge is 0.490 e. The lowest BCUT2D eigenvalue weighted by Gasteiger charge is -2.32. The van der Waals surface area contributed by atoms with Crippen molar-refractivity contribution in [3.63, 3.8) is 0 Å². The molecule has 168 valence electrons. The van der Waals surface area contributed by atoms with Gasteiger partial charge in [-0.25, -0.2) is 0 Å². The fraction of sp³-hybridized carbons (Fsp3) is 0.429. The zero-order chi connectivity index (χ0) is 22.9. The third kappa shape index (κ3) is 4.50. The van der Waals surface area contributed by atoms with E-state index in [1.165, 1.54) is 0 Å². The molecule has 2 aliphatic rings. The van der Waals surface area contributed by atoms with E-state index in [1.54, 1.807) is 0 Å². The van der Waals surface area contributed by atoms with Crippen molar-refractivity contribution in [1.29, 1.82) is 0 Å². The van der Waals surface area contributed by atoms with Gasteiger partial charge in [0.1, 0.15) is 11.9 Å². The molecule has 0 spiro atoms. The van der Waals surface area contributed by atoms with Gasteiger partial charge in [0.2, 0.25) is 5.91 Å². The fourth-order valence-corrected chi connectivity index (χ4v) is 4.77. The van der Waals surface area contributed by atoms with E-state index in [0.29, 0.717) is 5.91 Å². The molecule has 32 heavy (non-hydrogen) atoms. The van der Waals surface area contributed by atoms with Crippen molar-refractivity contribution in [3.8, 4) is 16.9 Å². The van der Waals surface area contributed by atoms with Crippen LogP contribution in [0.3, 0.4) is 0 Å². The summed E-state index contributed by atoms with van der Waals surface area (Å²) in [5, 5.41) is 0. The number of nitrogens with zero attached hydrogens (tertiary/aromatic N) is 2. The van der Waals surface area contributed by atoms with Crippen LogP contribution in [0.1, 0.15) is 51.2 Å². The van der Waals surface area contributed by atoms with Crippen molar-refractivity contribution in [2.75, 3.05) is 13.1 Å². The maximum Gasteiger partial charge on any atom is 0.226 e. The summed E-state index contributed by atoms with van der Waals surface area (Å²) in [6.45, 7) is 13.8. The lowest BCUT2D eigenvalue weighted by atomic mass is 9.96. The van der Waals surface area contributed by atoms with E-state index in [9.17, 15) is 4.79 Å². The molecule has 4 rings (SSSR count). The van der Waals surface area contributed by atoms with Gasteiger partial charge < -0.3 is 9.64 Å². The summed E-state index contributed by atoms with van der Waals surface area (Å²) >= 11 is 0. The molecule has 1 aliphatic carbocycles. The smallest absolute Gasteiger partial charge is 0.226 e. The van der Waals surface area contributed by atoms with Gasteiger partial charge in [0.05, 0.1) is 5.69 Å². The Hall–Kier alpha value is -2.88. The lowest BCUT2D eigenvalue weighted by Crippen LogP contribution is -2.42. The maximum absolute atomic E-state index is 12.6. The van der Waals surface area contributed by atoms with E-state index in [1.807, 2.05) is 30.0 Å². The van der Waals surface area contributed by atoms with Crippen LogP contribution in [0.2, 0.25) is 0 Å². The molecule has 0 N–H and O–H groups in total. The molecule has 4 nitrogen and oxygen atoms in total. The maximum atomic E-state index is 12.6. The molecule has 1 atom stereocenters. The number of amides is 1. The molecule has 1 saturated carbocycles. The Balaban J connectivity index is 1.38. The normalized spacial score (nSPS) is 20.4. The Kier molecular flexibility index (Phi) is 6.23. The van der Waals surface area contributed by atoms with Crippen molar-refractivity contribution in [1.82, 2.24) is 4.90 Å². The highest BCUT2D eigenvalue weighted by Gasteiger charge is 2.52. The van der Waals surface area contributed by atoms with Gasteiger partial charge in [-0.2, -0.15) is 0 Å². The second-order valence-corrected chi connectivity index (χ2v) is 9.75. The zero-order valence-corrected chi connectivity index (χ0v) is 19.7. The van der Waals surface area contributed by atoms with Gasteiger partial charge in [-0.05, 0) is 61.2 Å². The molecular weight excluding hydrogens is 396 g/mol. The number of ether oxygens (including phenoxy) is 1. The minimum Gasteiger partial charge on any atom is -0.490 e. The van der Waals surface area contributed by atoms with Gasteiger partial charge in [0, 0.05) is 37.4 Å². The van der Waals surface area contributed by atoms with Crippen molar-refractivity contribution in [2.45, 2.75) is 53.1 Å². The first-order chi connectivity index (χ1) is 15.3. The van der Waals surface area contributed by atoms with Crippen LogP contribution in [0.25, 0.3) is 17.2 Å². The first kappa shape index (κ1) is 22.3. The Morgan fingerprint density at radius 3 is 2.38 bits per heavy atom. The average molecular weight is 431 g/mol. The van der Waals surface area contributed by atoms with Gasteiger partial charge in [-0.3, -0.25) is 9.79 Å². The van der Waals surface area contributed by atoms with Crippen LogP contribution in [0, 0.1) is 18.3 Å². The number of benzene rings is 2. The number of hydrogen-bond acceptors (Lipinski definition) is 3. The van der Waals surface area contributed by atoms with Gasteiger partial charge >= 0.3 is 0 Å². The molecule has 1 aliphatic heterocycles. The third-order valence-electron chi connectivity index (χ3n) is 7.00. The van der Waals surface area contributed by atoms with Crippen LogP contribution in [-0.4, -0.2) is 36.7 Å². The summed E-state index contributed by atoms with van der Waals surface area (Å²) in [6.07, 6.45) is 7.04. The van der Waals surface area contributed by atoms with E-state index in [4.69, 9.17) is 4.74 Å². The molecule has 0 radical (unpaired) electrons. The van der Waals surface area contributed by atoms with E-state index in [2.05, 4.69) is 62.8 Å². The SMILES string of the molecule is C=Nc1c(/C=C\C)ccc(-c2ccc(OC3CCN(C(=O)[C@H]4CC4(C)C)CC3)cc2)c1C. The van der Waals surface area contributed by atoms with Gasteiger partial charge in [0.15, 0.2) is 0 Å². The van der Waals surface area contributed by atoms with Gasteiger partial charge in [-0.15, -0.1) is 0 Å². The van der Waals surface area contributed by atoms with Crippen LogP contribution in [0.15, 0.2) is 47.5 Å². The summed E-state index contributed by atoms with van der Waals surface area (Å²) in [4.78, 5) is 18.9. The summed E-state index contributed by atoms with van der Waals surface area (Å²) in [7, 11) is 0. The third-order valence-corrected chi connectivity index (χ3v) is 7.00. The molecule has 1 saturated heterocycles. The molecule has 2 fully saturated rings. The van der Waals surface area contributed by atoms with Crippen LogP contribution >= 0.6 is 0 Å². The summed E-state index contributed by atoms with van der Waals surface area (Å²) in [6, 6.07) is 12.5. The Labute approximate surface area is 192 Å². The van der Waals surface area contributed by atoms with Crippen molar-refractivity contribution in [3.05, 3.63) is 53.6 Å². The quantitative estimate of drug-likeness (QED) is 0.495. The Morgan fingerprint density at radius 2 is 1.81 bits per heavy atom. The van der Waals surface area contributed by atoms with E-state index in [0.717, 1.165) is 66.0 Å². The monoisotopic (exact) mass is 430 g/mol. The fourth-order valence-electron chi connectivity index (χ4n) is 4.77. The molecule has 2 aromatic rings. The zero-order valence-electron chi connectivity index (χ0n) is 19.7. The molecule has 1 heterocycles. The first-order valence-corrected chi connectivity index (χ1v) is 11.6. The van der Waals surface area contributed by atoms with Gasteiger partial charge in [-0.1, -0.05) is 50.3 Å². The molecule has 0 unspecified atom stereocenters. The Bertz CT molecular complexity index is 1030. The average Bonchev–Trinajstić information content (AvgIpc) is 3.43. The molecule has 4 heteroatoms. The highest BCUT2D eigenvalue weighted by atomic mass is 16.5. The molecule has 0 bridgehead atoms. The van der Waals surface area contributed by atoms with Crippen LogP contribution in [-0.2, 0) is 4.79 Å². The molecule has 1 amide bonds. The van der Waals surface area contributed by atoms with Crippen LogP contribution in [0.5, 0.6) is 5.75 Å². The Morgan fingerprint density at radius 1 is 1.16 bits per heavy atom. The second kappa shape index (κ2) is 8.93. The number of rotatable bonds is 6. The molecular formula is C28H34N2O2. The first-order valence-electron chi connectivity index (χ1n) is 11.6. The lowest BCUT2D eigenvalue weighted by molar-refractivity contribution is -0.135. The number of piperidine rings is 1. The van der Waals surface area contributed by atoms with E-state index < -0.39 is 0 Å². The van der Waals surface area contributed by atoms with Crippen molar-refractivity contribution < 1.29 is 9.53 Å². The molecule has 0 aromatic heterocycles.